The molecule has 2 N–H and O–H groups in total. The Kier molecular flexibility index (Phi) is 7.51. The number of nitrogens with one attached hydrogen (secondary N) is 2. The molecule has 6 heteroatoms. The summed E-state index contributed by atoms with van der Waals surface area (Å²) in [5.74, 6) is 0.829. The molecule has 1 aromatic heterocycles. The lowest BCUT2D eigenvalue weighted by Crippen LogP contribution is -2.38. The predicted molar refractivity (Wildman–Crippen MR) is 110 cm³/mol. The molecule has 6 nitrogen and oxygen atoms in total. The maximum absolute atomic E-state index is 4.46. The van der Waals surface area contributed by atoms with E-state index in [9.17, 15) is 0 Å². The molecule has 0 saturated carbocycles. The first-order valence-corrected chi connectivity index (χ1v) is 9.30. The quantitative estimate of drug-likeness (QED) is 0.434. The van der Waals surface area contributed by atoms with Crippen LogP contribution in [0.2, 0.25) is 0 Å². The van der Waals surface area contributed by atoms with Gasteiger partial charge in [-0.1, -0.05) is 18.2 Å². The number of aryl methyl sites for hydroxylation is 2. The Hall–Kier alpha value is -2.50. The van der Waals surface area contributed by atoms with Crippen LogP contribution in [0.15, 0.2) is 35.3 Å². The zero-order valence-corrected chi connectivity index (χ0v) is 16.7. The van der Waals surface area contributed by atoms with E-state index in [0.29, 0.717) is 0 Å². The van der Waals surface area contributed by atoms with Gasteiger partial charge in [-0.3, -0.25) is 9.67 Å². The Bertz CT molecular complexity index is 705. The summed E-state index contributed by atoms with van der Waals surface area (Å²) in [4.78, 5) is 6.71. The van der Waals surface area contributed by atoms with Gasteiger partial charge in [0.05, 0.1) is 5.69 Å². The van der Waals surface area contributed by atoms with Crippen LogP contribution >= 0.6 is 0 Å². The second-order valence-corrected chi connectivity index (χ2v) is 6.39. The third kappa shape index (κ3) is 5.25. The van der Waals surface area contributed by atoms with Crippen molar-refractivity contribution < 1.29 is 0 Å². The highest BCUT2D eigenvalue weighted by atomic mass is 15.3. The van der Waals surface area contributed by atoms with Crippen LogP contribution in [0, 0.1) is 13.8 Å². The lowest BCUT2D eigenvalue weighted by molar-refractivity contribution is 0.707. The molecule has 0 fully saturated rings. The normalized spacial score (nSPS) is 11.5. The van der Waals surface area contributed by atoms with E-state index in [1.165, 1.54) is 16.9 Å². The topological polar surface area (TPSA) is 57.5 Å². The zero-order valence-electron chi connectivity index (χ0n) is 16.7. The van der Waals surface area contributed by atoms with Crippen molar-refractivity contribution in [3.8, 4) is 0 Å². The number of para-hydroxylation sites is 1. The minimum atomic E-state index is 0.732. The van der Waals surface area contributed by atoms with E-state index >= 15 is 0 Å². The maximum Gasteiger partial charge on any atom is 0.191 e. The monoisotopic (exact) mass is 356 g/mol. The summed E-state index contributed by atoms with van der Waals surface area (Å²) in [6, 6.07) is 10.6. The Morgan fingerprint density at radius 1 is 1.19 bits per heavy atom. The van der Waals surface area contributed by atoms with E-state index < -0.39 is 0 Å². The lowest BCUT2D eigenvalue weighted by Gasteiger charge is -2.23. The predicted octanol–water partition coefficient (Wildman–Crippen LogP) is 2.62. The summed E-state index contributed by atoms with van der Waals surface area (Å²) in [6.07, 6.45) is 1.05. The van der Waals surface area contributed by atoms with Crippen molar-refractivity contribution in [2.45, 2.75) is 33.7 Å². The Labute approximate surface area is 157 Å². The second kappa shape index (κ2) is 9.85. The van der Waals surface area contributed by atoms with Crippen molar-refractivity contribution >= 4 is 11.6 Å². The van der Waals surface area contributed by atoms with Crippen molar-refractivity contribution in [3.63, 3.8) is 0 Å². The van der Waals surface area contributed by atoms with Gasteiger partial charge in [0.2, 0.25) is 0 Å². The molecular formula is C20H32N6. The standard InChI is InChI=1S/C20H32N6/c1-6-26(18-11-8-7-9-12-18)14-10-13-22-20(21-4)23-15-19-16(2)24-25(5)17(19)3/h7-9,11-12H,6,10,13-15H2,1-5H3,(H2,21,22,23). The van der Waals surface area contributed by atoms with Crippen LogP contribution in [-0.4, -0.2) is 42.4 Å². The van der Waals surface area contributed by atoms with Crippen molar-refractivity contribution in [2.24, 2.45) is 12.0 Å². The van der Waals surface area contributed by atoms with Gasteiger partial charge in [-0.25, -0.2) is 0 Å². The Morgan fingerprint density at radius 2 is 1.92 bits per heavy atom. The molecule has 0 saturated heterocycles. The molecule has 142 valence electrons. The van der Waals surface area contributed by atoms with Crippen molar-refractivity contribution in [3.05, 3.63) is 47.3 Å². The van der Waals surface area contributed by atoms with Gasteiger partial charge in [-0.2, -0.15) is 5.10 Å². The van der Waals surface area contributed by atoms with Crippen LogP contribution in [0.4, 0.5) is 5.69 Å². The van der Waals surface area contributed by atoms with Crippen molar-refractivity contribution in [1.29, 1.82) is 0 Å². The number of nitrogens with zero attached hydrogens (tertiary/aromatic N) is 4. The van der Waals surface area contributed by atoms with Gasteiger partial charge in [0.25, 0.3) is 0 Å². The largest absolute Gasteiger partial charge is 0.372 e. The second-order valence-electron chi connectivity index (χ2n) is 6.39. The molecule has 0 aliphatic heterocycles. The number of anilines is 1. The van der Waals surface area contributed by atoms with E-state index in [1.54, 1.807) is 7.05 Å². The van der Waals surface area contributed by atoms with Gasteiger partial charge in [0, 0.05) is 57.2 Å². The summed E-state index contributed by atoms with van der Waals surface area (Å²) in [6.45, 7) is 9.98. The molecule has 0 aliphatic carbocycles. The van der Waals surface area contributed by atoms with Crippen LogP contribution in [0.5, 0.6) is 0 Å². The van der Waals surface area contributed by atoms with Gasteiger partial charge in [0.15, 0.2) is 5.96 Å². The minimum absolute atomic E-state index is 0.732. The van der Waals surface area contributed by atoms with E-state index in [0.717, 1.165) is 44.3 Å². The van der Waals surface area contributed by atoms with Gasteiger partial charge in [-0.05, 0) is 39.3 Å². The molecule has 0 radical (unpaired) electrons. The Morgan fingerprint density at radius 3 is 2.50 bits per heavy atom. The first-order chi connectivity index (χ1) is 12.6. The number of aliphatic imine (C=N–C) groups is 1. The number of hydrogen-bond donors (Lipinski definition) is 2. The maximum atomic E-state index is 4.46. The zero-order chi connectivity index (χ0) is 18.9. The number of aromatic nitrogens is 2. The molecule has 0 atom stereocenters. The van der Waals surface area contributed by atoms with E-state index in [4.69, 9.17) is 0 Å². The smallest absolute Gasteiger partial charge is 0.191 e. The number of guanidine groups is 1. The number of benzene rings is 1. The van der Waals surface area contributed by atoms with Crippen molar-refractivity contribution in [1.82, 2.24) is 20.4 Å². The fourth-order valence-electron chi connectivity index (χ4n) is 3.05. The highest BCUT2D eigenvalue weighted by Gasteiger charge is 2.09. The van der Waals surface area contributed by atoms with Gasteiger partial charge in [0.1, 0.15) is 0 Å². The first kappa shape index (κ1) is 19.8. The van der Waals surface area contributed by atoms with E-state index in [-0.39, 0.29) is 0 Å². The van der Waals surface area contributed by atoms with Crippen LogP contribution < -0.4 is 15.5 Å². The molecule has 0 spiro atoms. The van der Waals surface area contributed by atoms with Crippen LogP contribution in [0.1, 0.15) is 30.3 Å². The van der Waals surface area contributed by atoms with E-state index in [1.807, 2.05) is 18.7 Å². The molecule has 0 amide bonds. The summed E-state index contributed by atoms with van der Waals surface area (Å²) < 4.78 is 1.92. The molecule has 2 rings (SSSR count). The van der Waals surface area contributed by atoms with E-state index in [2.05, 4.69) is 69.8 Å². The third-order valence-electron chi connectivity index (χ3n) is 4.72. The Balaban J connectivity index is 1.77. The van der Waals surface area contributed by atoms with Crippen LogP contribution in [-0.2, 0) is 13.6 Å². The molecule has 1 heterocycles. The van der Waals surface area contributed by atoms with Crippen molar-refractivity contribution in [2.75, 3.05) is 31.6 Å². The van der Waals surface area contributed by atoms with Gasteiger partial charge in [-0.15, -0.1) is 0 Å². The summed E-state index contributed by atoms with van der Waals surface area (Å²) in [7, 11) is 3.78. The molecule has 26 heavy (non-hydrogen) atoms. The number of rotatable bonds is 8. The molecule has 1 aromatic carbocycles. The molecule has 0 unspecified atom stereocenters. The minimum Gasteiger partial charge on any atom is -0.372 e. The van der Waals surface area contributed by atoms with Gasteiger partial charge < -0.3 is 15.5 Å². The third-order valence-corrected chi connectivity index (χ3v) is 4.72. The van der Waals surface area contributed by atoms with Crippen LogP contribution in [0.25, 0.3) is 0 Å². The highest BCUT2D eigenvalue weighted by molar-refractivity contribution is 5.79. The number of hydrogen-bond acceptors (Lipinski definition) is 3. The first-order valence-electron chi connectivity index (χ1n) is 9.30. The fraction of sp³-hybridized carbons (Fsp3) is 0.500. The average molecular weight is 357 g/mol. The van der Waals surface area contributed by atoms with Crippen LogP contribution in [0.3, 0.4) is 0 Å². The fourth-order valence-corrected chi connectivity index (χ4v) is 3.05. The van der Waals surface area contributed by atoms with Gasteiger partial charge >= 0.3 is 0 Å². The average Bonchev–Trinajstić information content (AvgIpc) is 2.90. The summed E-state index contributed by atoms with van der Waals surface area (Å²) >= 11 is 0. The molecular weight excluding hydrogens is 324 g/mol. The highest BCUT2D eigenvalue weighted by Crippen LogP contribution is 2.13. The SMILES string of the molecule is CCN(CCCNC(=NC)NCc1c(C)nn(C)c1C)c1ccccc1. The molecule has 2 aromatic rings. The summed E-state index contributed by atoms with van der Waals surface area (Å²) in [5.41, 5.74) is 4.76. The molecule has 0 bridgehead atoms. The lowest BCUT2D eigenvalue weighted by atomic mass is 10.2. The molecule has 0 aliphatic rings. The summed E-state index contributed by atoms with van der Waals surface area (Å²) in [5, 5.41) is 11.2.